The fraction of sp³-hybridized carbons (Fsp3) is 0.750. The van der Waals surface area contributed by atoms with E-state index in [1.54, 1.807) is 12.4 Å². The van der Waals surface area contributed by atoms with Crippen LogP contribution in [0.15, 0.2) is 12.4 Å². The predicted molar refractivity (Wildman–Crippen MR) is 84.8 cm³/mol. The highest BCUT2D eigenvalue weighted by molar-refractivity contribution is 5.38. The van der Waals surface area contributed by atoms with Gasteiger partial charge in [0, 0.05) is 19.7 Å². The summed E-state index contributed by atoms with van der Waals surface area (Å²) in [6, 6.07) is 0. The molecule has 2 saturated heterocycles. The standard InChI is InChI=1S/C16H25N3O4/c20-7-9-22-16-11-17-10-15(18-16)19-5-3-13(4-6-19)23-12-14-2-1-8-21-14/h10-11,13-14,20H,1-9,12H2. The summed E-state index contributed by atoms with van der Waals surface area (Å²) < 4.78 is 16.9. The summed E-state index contributed by atoms with van der Waals surface area (Å²) >= 11 is 0. The second-order valence-electron chi connectivity index (χ2n) is 5.94. The lowest BCUT2D eigenvalue weighted by Gasteiger charge is -2.33. The van der Waals surface area contributed by atoms with Crippen molar-refractivity contribution in [2.75, 3.05) is 44.4 Å². The number of nitrogens with zero attached hydrogens (tertiary/aromatic N) is 3. The minimum Gasteiger partial charge on any atom is -0.474 e. The Morgan fingerprint density at radius 3 is 2.87 bits per heavy atom. The summed E-state index contributed by atoms with van der Waals surface area (Å²) in [5, 5.41) is 8.80. The fourth-order valence-electron chi connectivity index (χ4n) is 2.98. The molecule has 0 aliphatic carbocycles. The first kappa shape index (κ1) is 16.4. The van der Waals surface area contributed by atoms with Crippen molar-refractivity contribution in [3.63, 3.8) is 0 Å². The van der Waals surface area contributed by atoms with Gasteiger partial charge in [-0.1, -0.05) is 0 Å². The van der Waals surface area contributed by atoms with E-state index in [0.717, 1.165) is 57.8 Å². The van der Waals surface area contributed by atoms with Crippen molar-refractivity contribution in [3.8, 4) is 5.88 Å². The Bertz CT molecular complexity index is 474. The van der Waals surface area contributed by atoms with E-state index < -0.39 is 0 Å². The maximum absolute atomic E-state index is 8.80. The third-order valence-electron chi connectivity index (χ3n) is 4.25. The van der Waals surface area contributed by atoms with Gasteiger partial charge in [-0.25, -0.2) is 0 Å². The van der Waals surface area contributed by atoms with Crippen molar-refractivity contribution in [1.82, 2.24) is 9.97 Å². The first-order chi connectivity index (χ1) is 11.3. The van der Waals surface area contributed by atoms with Gasteiger partial charge in [0.15, 0.2) is 5.82 Å². The van der Waals surface area contributed by atoms with Crippen LogP contribution in [0.2, 0.25) is 0 Å². The number of hydrogen-bond acceptors (Lipinski definition) is 7. The normalized spacial score (nSPS) is 22.5. The molecule has 2 aliphatic heterocycles. The van der Waals surface area contributed by atoms with Crippen LogP contribution in [-0.2, 0) is 9.47 Å². The van der Waals surface area contributed by atoms with Crippen LogP contribution in [0, 0.1) is 0 Å². The van der Waals surface area contributed by atoms with Gasteiger partial charge in [0.2, 0.25) is 5.88 Å². The van der Waals surface area contributed by atoms with Crippen LogP contribution < -0.4 is 9.64 Å². The average Bonchev–Trinajstić information content (AvgIpc) is 3.12. The molecule has 1 N–H and O–H groups in total. The van der Waals surface area contributed by atoms with Gasteiger partial charge in [-0.05, 0) is 25.7 Å². The average molecular weight is 323 g/mol. The topological polar surface area (TPSA) is 76.9 Å². The van der Waals surface area contributed by atoms with Crippen molar-refractivity contribution < 1.29 is 19.3 Å². The first-order valence-corrected chi connectivity index (χ1v) is 8.39. The molecule has 3 heterocycles. The second kappa shape index (κ2) is 8.42. The monoisotopic (exact) mass is 323 g/mol. The van der Waals surface area contributed by atoms with E-state index >= 15 is 0 Å². The Morgan fingerprint density at radius 1 is 1.26 bits per heavy atom. The van der Waals surface area contributed by atoms with Crippen LogP contribution in [0.4, 0.5) is 5.82 Å². The molecule has 0 saturated carbocycles. The molecule has 128 valence electrons. The molecule has 2 fully saturated rings. The van der Waals surface area contributed by atoms with E-state index in [2.05, 4.69) is 14.9 Å². The van der Waals surface area contributed by atoms with Crippen LogP contribution in [0.3, 0.4) is 0 Å². The SMILES string of the molecule is OCCOc1cncc(N2CCC(OCC3CCCO3)CC2)n1. The molecule has 1 atom stereocenters. The van der Waals surface area contributed by atoms with Crippen LogP contribution in [0.5, 0.6) is 5.88 Å². The van der Waals surface area contributed by atoms with Gasteiger partial charge < -0.3 is 24.2 Å². The molecular formula is C16H25N3O4. The summed E-state index contributed by atoms with van der Waals surface area (Å²) in [6.07, 6.45) is 8.15. The Morgan fingerprint density at radius 2 is 2.13 bits per heavy atom. The van der Waals surface area contributed by atoms with Gasteiger partial charge in [-0.3, -0.25) is 4.98 Å². The molecule has 1 aromatic rings. The van der Waals surface area contributed by atoms with Crippen LogP contribution in [-0.4, -0.2) is 66.8 Å². The molecule has 23 heavy (non-hydrogen) atoms. The van der Waals surface area contributed by atoms with Crippen molar-refractivity contribution in [3.05, 3.63) is 12.4 Å². The number of rotatable bonds is 7. The van der Waals surface area contributed by atoms with Crippen LogP contribution in [0.25, 0.3) is 0 Å². The molecule has 7 heteroatoms. The van der Waals surface area contributed by atoms with Crippen molar-refractivity contribution in [2.45, 2.75) is 37.9 Å². The highest BCUT2D eigenvalue weighted by atomic mass is 16.5. The van der Waals surface area contributed by atoms with Gasteiger partial charge in [-0.2, -0.15) is 4.98 Å². The quantitative estimate of drug-likeness (QED) is 0.802. The van der Waals surface area contributed by atoms with Crippen molar-refractivity contribution in [1.29, 1.82) is 0 Å². The van der Waals surface area contributed by atoms with Gasteiger partial charge in [0.1, 0.15) is 6.61 Å². The number of anilines is 1. The molecule has 7 nitrogen and oxygen atoms in total. The summed E-state index contributed by atoms with van der Waals surface area (Å²) in [5.74, 6) is 1.27. The zero-order valence-corrected chi connectivity index (χ0v) is 13.4. The molecule has 3 rings (SSSR count). The number of aromatic nitrogens is 2. The van der Waals surface area contributed by atoms with E-state index in [1.807, 2.05) is 0 Å². The zero-order valence-electron chi connectivity index (χ0n) is 13.4. The molecule has 0 radical (unpaired) electrons. The molecule has 2 aliphatic rings. The molecule has 1 unspecified atom stereocenters. The summed E-state index contributed by atoms with van der Waals surface area (Å²) in [4.78, 5) is 10.8. The smallest absolute Gasteiger partial charge is 0.234 e. The van der Waals surface area contributed by atoms with Crippen LogP contribution >= 0.6 is 0 Å². The summed E-state index contributed by atoms with van der Waals surface area (Å²) in [7, 11) is 0. The Hall–Kier alpha value is -1.44. The van der Waals surface area contributed by atoms with E-state index in [4.69, 9.17) is 19.3 Å². The second-order valence-corrected chi connectivity index (χ2v) is 5.94. The maximum atomic E-state index is 8.80. The molecule has 1 aromatic heterocycles. The highest BCUT2D eigenvalue weighted by Gasteiger charge is 2.23. The number of aliphatic hydroxyl groups is 1. The predicted octanol–water partition coefficient (Wildman–Crippen LogP) is 1.01. The third-order valence-corrected chi connectivity index (χ3v) is 4.25. The van der Waals surface area contributed by atoms with Gasteiger partial charge in [0.25, 0.3) is 0 Å². The minimum atomic E-state index is -0.0284. The maximum Gasteiger partial charge on any atom is 0.234 e. The first-order valence-electron chi connectivity index (χ1n) is 8.39. The van der Waals surface area contributed by atoms with Crippen LogP contribution in [0.1, 0.15) is 25.7 Å². The van der Waals surface area contributed by atoms with E-state index in [9.17, 15) is 0 Å². The lowest BCUT2D eigenvalue weighted by molar-refractivity contribution is -0.0280. The molecule has 0 amide bonds. The number of piperidine rings is 1. The number of aliphatic hydroxyl groups excluding tert-OH is 1. The third kappa shape index (κ3) is 4.76. The van der Waals surface area contributed by atoms with Gasteiger partial charge in [-0.15, -0.1) is 0 Å². The zero-order chi connectivity index (χ0) is 15.9. The lowest BCUT2D eigenvalue weighted by Crippen LogP contribution is -2.38. The van der Waals surface area contributed by atoms with Gasteiger partial charge in [0.05, 0.1) is 37.8 Å². The Balaban J connectivity index is 1.44. The fourth-order valence-corrected chi connectivity index (χ4v) is 2.98. The summed E-state index contributed by atoms with van der Waals surface area (Å²) in [5.41, 5.74) is 0. The minimum absolute atomic E-state index is 0.0284. The van der Waals surface area contributed by atoms with E-state index in [1.165, 1.54) is 0 Å². The van der Waals surface area contributed by atoms with Gasteiger partial charge >= 0.3 is 0 Å². The Labute approximate surface area is 136 Å². The van der Waals surface area contributed by atoms with E-state index in [0.29, 0.717) is 18.1 Å². The van der Waals surface area contributed by atoms with Crippen molar-refractivity contribution >= 4 is 5.82 Å². The number of ether oxygens (including phenoxy) is 3. The van der Waals surface area contributed by atoms with Crippen molar-refractivity contribution in [2.24, 2.45) is 0 Å². The molecule has 0 bridgehead atoms. The molecular weight excluding hydrogens is 298 g/mol. The largest absolute Gasteiger partial charge is 0.474 e. The highest BCUT2D eigenvalue weighted by Crippen LogP contribution is 2.22. The molecule has 0 aromatic carbocycles. The summed E-state index contributed by atoms with van der Waals surface area (Å²) in [6.45, 7) is 3.59. The van der Waals surface area contributed by atoms with E-state index in [-0.39, 0.29) is 13.2 Å². The molecule has 0 spiro atoms. The number of hydrogen-bond donors (Lipinski definition) is 1. The Kier molecular flexibility index (Phi) is 6.01. The lowest BCUT2D eigenvalue weighted by atomic mass is 10.1.